The van der Waals surface area contributed by atoms with Crippen LogP contribution >= 0.6 is 11.6 Å². The summed E-state index contributed by atoms with van der Waals surface area (Å²) >= 11 is 6.23. The minimum Gasteiger partial charge on any atom is -0.352 e. The third-order valence-electron chi connectivity index (χ3n) is 5.75. The number of aryl methyl sites for hydroxylation is 2. The molecular formula is C27H27ClN4O3S. The maximum Gasteiger partial charge on any atom is 0.264 e. The predicted octanol–water partition coefficient (Wildman–Crippen LogP) is 5.06. The minimum absolute atomic E-state index is 0.0885. The first-order chi connectivity index (χ1) is 17.3. The number of rotatable bonds is 10. The average Bonchev–Trinajstić information content (AvgIpc) is 3.41. The van der Waals surface area contributed by atoms with Gasteiger partial charge in [-0.05, 0) is 60.9 Å². The Hall–Kier alpha value is -3.62. The fourth-order valence-electron chi connectivity index (χ4n) is 3.78. The lowest BCUT2D eigenvalue weighted by molar-refractivity contribution is 0.0952. The van der Waals surface area contributed by atoms with Gasteiger partial charge in [0.2, 0.25) is 0 Å². The monoisotopic (exact) mass is 522 g/mol. The molecule has 0 fully saturated rings. The number of sulfonamides is 1. The highest BCUT2D eigenvalue weighted by Gasteiger charge is 2.26. The van der Waals surface area contributed by atoms with Crippen molar-refractivity contribution in [3.05, 3.63) is 113 Å². The number of imidazole rings is 1. The second-order valence-electron chi connectivity index (χ2n) is 8.36. The van der Waals surface area contributed by atoms with Gasteiger partial charge >= 0.3 is 0 Å². The summed E-state index contributed by atoms with van der Waals surface area (Å²) in [5.74, 6) is -0.174. The van der Waals surface area contributed by atoms with Gasteiger partial charge < -0.3 is 9.88 Å². The van der Waals surface area contributed by atoms with Crippen molar-refractivity contribution in [1.29, 1.82) is 0 Å². The Kier molecular flexibility index (Phi) is 8.07. The van der Waals surface area contributed by atoms with Crippen molar-refractivity contribution in [2.75, 3.05) is 10.8 Å². The first-order valence-electron chi connectivity index (χ1n) is 11.5. The Labute approximate surface area is 216 Å². The molecule has 0 saturated heterocycles. The number of anilines is 1. The number of hydrogen-bond acceptors (Lipinski definition) is 4. The lowest BCUT2D eigenvalue weighted by Crippen LogP contribution is -2.31. The van der Waals surface area contributed by atoms with Crippen LogP contribution < -0.4 is 9.62 Å². The van der Waals surface area contributed by atoms with E-state index in [2.05, 4.69) is 10.3 Å². The Bertz CT molecular complexity index is 1410. The largest absolute Gasteiger partial charge is 0.352 e. The molecule has 0 saturated carbocycles. The number of hydrogen-bond donors (Lipinski definition) is 1. The zero-order valence-corrected chi connectivity index (χ0v) is 21.4. The van der Waals surface area contributed by atoms with Crippen LogP contribution in [0, 0.1) is 6.92 Å². The smallest absolute Gasteiger partial charge is 0.264 e. The second kappa shape index (κ2) is 11.4. The zero-order valence-electron chi connectivity index (χ0n) is 19.8. The van der Waals surface area contributed by atoms with Crippen molar-refractivity contribution in [3.8, 4) is 0 Å². The van der Waals surface area contributed by atoms with Crippen LogP contribution in [0.15, 0.2) is 96.4 Å². The predicted molar refractivity (Wildman–Crippen MR) is 142 cm³/mol. The molecule has 0 bridgehead atoms. The van der Waals surface area contributed by atoms with Crippen LogP contribution in [0.4, 0.5) is 5.69 Å². The average molecular weight is 523 g/mol. The summed E-state index contributed by atoms with van der Waals surface area (Å²) in [6, 6.07) is 20.4. The molecule has 0 aliphatic rings. The third-order valence-corrected chi connectivity index (χ3v) is 7.76. The third kappa shape index (κ3) is 6.13. The topological polar surface area (TPSA) is 84.3 Å². The highest BCUT2D eigenvalue weighted by Crippen LogP contribution is 2.31. The van der Waals surface area contributed by atoms with Crippen LogP contribution in [0.5, 0.6) is 0 Å². The minimum atomic E-state index is -3.86. The Balaban J connectivity index is 1.50. The quantitative estimate of drug-likeness (QED) is 0.295. The van der Waals surface area contributed by atoms with Crippen molar-refractivity contribution in [1.82, 2.24) is 14.9 Å². The van der Waals surface area contributed by atoms with Crippen LogP contribution in [0.3, 0.4) is 0 Å². The van der Waals surface area contributed by atoms with Crippen molar-refractivity contribution < 1.29 is 13.2 Å². The van der Waals surface area contributed by atoms with E-state index >= 15 is 0 Å². The zero-order chi connectivity index (χ0) is 25.5. The van der Waals surface area contributed by atoms with E-state index in [1.54, 1.807) is 85.3 Å². The van der Waals surface area contributed by atoms with E-state index in [-0.39, 0.29) is 17.3 Å². The number of nitrogens with zero attached hydrogens (tertiary/aromatic N) is 3. The van der Waals surface area contributed by atoms with E-state index in [0.717, 1.165) is 24.1 Å². The van der Waals surface area contributed by atoms with Gasteiger partial charge in [-0.3, -0.25) is 9.10 Å². The van der Waals surface area contributed by atoms with Crippen molar-refractivity contribution in [2.24, 2.45) is 0 Å². The lowest BCUT2D eigenvalue weighted by atomic mass is 10.1. The standard InChI is InChI=1S/C27H27ClN4O3S/c1-21-8-13-24(28)18-26(21)32(36(34,35)25-6-3-2-4-7-25)19-22-9-11-23(12-10-22)27(33)30-14-5-16-31-17-15-29-20-31/h2-4,6-13,15,17-18,20H,5,14,16,19H2,1H3,(H,30,33). The number of carbonyl (C=O) groups is 1. The molecule has 0 aliphatic heterocycles. The molecule has 1 aromatic heterocycles. The fraction of sp³-hybridized carbons (Fsp3) is 0.185. The summed E-state index contributed by atoms with van der Waals surface area (Å²) in [5, 5.41) is 3.36. The number of nitrogens with one attached hydrogen (secondary N) is 1. The van der Waals surface area contributed by atoms with Gasteiger partial charge in [0.05, 0.1) is 23.5 Å². The summed E-state index contributed by atoms with van der Waals surface area (Å²) in [5.41, 5.74) is 2.54. The van der Waals surface area contributed by atoms with Gasteiger partial charge in [0.25, 0.3) is 15.9 Å². The molecule has 1 N–H and O–H groups in total. The molecule has 1 heterocycles. The molecule has 3 aromatic carbocycles. The molecule has 0 radical (unpaired) electrons. The fourth-order valence-corrected chi connectivity index (χ4v) is 5.48. The molecule has 0 unspecified atom stereocenters. The Morgan fingerprint density at radius 3 is 2.50 bits per heavy atom. The number of amides is 1. The van der Waals surface area contributed by atoms with E-state index in [0.29, 0.717) is 22.8 Å². The molecule has 4 rings (SSSR count). The first-order valence-corrected chi connectivity index (χ1v) is 13.3. The van der Waals surface area contributed by atoms with Crippen LogP contribution in [-0.4, -0.2) is 30.4 Å². The summed E-state index contributed by atoms with van der Waals surface area (Å²) < 4.78 is 30.6. The van der Waals surface area contributed by atoms with E-state index in [1.165, 1.54) is 4.31 Å². The van der Waals surface area contributed by atoms with Crippen molar-refractivity contribution in [2.45, 2.75) is 31.3 Å². The second-order valence-corrected chi connectivity index (χ2v) is 10.7. The van der Waals surface area contributed by atoms with Gasteiger partial charge in [0, 0.05) is 36.1 Å². The molecule has 186 valence electrons. The van der Waals surface area contributed by atoms with Crippen LogP contribution in [-0.2, 0) is 23.1 Å². The van der Waals surface area contributed by atoms with Gasteiger partial charge in [0.15, 0.2) is 0 Å². The summed E-state index contributed by atoms with van der Waals surface area (Å²) in [6.45, 7) is 3.24. The highest BCUT2D eigenvalue weighted by atomic mass is 35.5. The van der Waals surface area contributed by atoms with Gasteiger partial charge in [-0.1, -0.05) is 48.0 Å². The number of carbonyl (C=O) groups excluding carboxylic acids is 1. The van der Waals surface area contributed by atoms with Crippen LogP contribution in [0.25, 0.3) is 0 Å². The summed E-state index contributed by atoms with van der Waals surface area (Å²) in [6.07, 6.45) is 6.13. The normalized spacial score (nSPS) is 11.3. The van der Waals surface area contributed by atoms with E-state index in [9.17, 15) is 13.2 Å². The van der Waals surface area contributed by atoms with E-state index in [1.807, 2.05) is 17.7 Å². The summed E-state index contributed by atoms with van der Waals surface area (Å²) in [7, 11) is -3.86. The molecule has 4 aromatic rings. The maximum absolute atomic E-state index is 13.6. The van der Waals surface area contributed by atoms with Gasteiger partial charge in [-0.2, -0.15) is 0 Å². The molecule has 9 heteroatoms. The van der Waals surface area contributed by atoms with Gasteiger partial charge in [-0.25, -0.2) is 13.4 Å². The molecule has 0 spiro atoms. The number of halogens is 1. The SMILES string of the molecule is Cc1ccc(Cl)cc1N(Cc1ccc(C(=O)NCCCn2ccnc2)cc1)S(=O)(=O)c1ccccc1. The lowest BCUT2D eigenvalue weighted by Gasteiger charge is -2.26. The molecule has 0 atom stereocenters. The van der Waals surface area contributed by atoms with Gasteiger partial charge in [-0.15, -0.1) is 0 Å². The van der Waals surface area contributed by atoms with Crippen LogP contribution in [0.1, 0.15) is 27.9 Å². The molecule has 7 nitrogen and oxygen atoms in total. The number of aromatic nitrogens is 2. The summed E-state index contributed by atoms with van der Waals surface area (Å²) in [4.78, 5) is 16.7. The van der Waals surface area contributed by atoms with E-state index < -0.39 is 10.0 Å². The van der Waals surface area contributed by atoms with E-state index in [4.69, 9.17) is 11.6 Å². The van der Waals surface area contributed by atoms with Crippen LogP contribution in [0.2, 0.25) is 5.02 Å². The first kappa shape index (κ1) is 25.5. The highest BCUT2D eigenvalue weighted by molar-refractivity contribution is 7.92. The van der Waals surface area contributed by atoms with Crippen molar-refractivity contribution in [3.63, 3.8) is 0 Å². The Morgan fingerprint density at radius 2 is 1.81 bits per heavy atom. The Morgan fingerprint density at radius 1 is 1.06 bits per heavy atom. The molecule has 0 aliphatic carbocycles. The van der Waals surface area contributed by atoms with Gasteiger partial charge in [0.1, 0.15) is 0 Å². The molecular weight excluding hydrogens is 496 g/mol. The molecule has 1 amide bonds. The van der Waals surface area contributed by atoms with Crippen molar-refractivity contribution >= 4 is 33.2 Å². The molecule has 36 heavy (non-hydrogen) atoms. The number of benzene rings is 3. The maximum atomic E-state index is 13.6.